The van der Waals surface area contributed by atoms with Gasteiger partial charge in [-0.2, -0.15) is 0 Å². The van der Waals surface area contributed by atoms with Gasteiger partial charge in [0.15, 0.2) is 0 Å². The molecule has 10 nitrogen and oxygen atoms in total. The summed E-state index contributed by atoms with van der Waals surface area (Å²) in [7, 11) is -1.95. The van der Waals surface area contributed by atoms with Gasteiger partial charge in [-0.05, 0) is 40.0 Å². The van der Waals surface area contributed by atoms with Crippen molar-refractivity contribution in [2.75, 3.05) is 33.1 Å². The molecule has 34 heavy (non-hydrogen) atoms. The van der Waals surface area contributed by atoms with Gasteiger partial charge in [-0.25, -0.2) is 13.2 Å². The molecule has 11 heteroatoms. The second-order valence-corrected chi connectivity index (χ2v) is 12.3. The standard InChI is InChI=1S/C23H36N2O8S/c1-14(2)6-7-17-22(3,33-17)20-19(30-4)16(8-9-23(20)13-31-23)32-21(27)25-11-15(12-25)10-18(26)24-34(5,28)29/h6,15-17,19-20H,7-13H2,1-5H3,(H,24,26)/t16-,17-,19-,20-,22+,23+/m1/s1. The molecule has 0 aromatic heterocycles. The molecule has 4 rings (SSSR count). The van der Waals surface area contributed by atoms with Crippen LogP contribution in [0.5, 0.6) is 0 Å². The Hall–Kier alpha value is -1.69. The van der Waals surface area contributed by atoms with Gasteiger partial charge in [0.1, 0.15) is 23.4 Å². The number of carbonyl (C=O) groups excluding carboxylic acids is 2. The smallest absolute Gasteiger partial charge is 0.410 e. The van der Waals surface area contributed by atoms with E-state index in [9.17, 15) is 18.0 Å². The Bertz CT molecular complexity index is 952. The van der Waals surface area contributed by atoms with E-state index >= 15 is 0 Å². The van der Waals surface area contributed by atoms with Crippen LogP contribution < -0.4 is 4.72 Å². The van der Waals surface area contributed by atoms with Crippen molar-refractivity contribution in [3.05, 3.63) is 11.6 Å². The first-order chi connectivity index (χ1) is 15.9. The van der Waals surface area contributed by atoms with Crippen LogP contribution in [0.3, 0.4) is 0 Å². The van der Waals surface area contributed by atoms with E-state index in [1.54, 1.807) is 7.11 Å². The third-order valence-corrected chi connectivity index (χ3v) is 8.08. The first-order valence-electron chi connectivity index (χ1n) is 11.8. The second kappa shape index (κ2) is 9.07. The highest BCUT2D eigenvalue weighted by Gasteiger charge is 2.72. The predicted octanol–water partition coefficient (Wildman–Crippen LogP) is 1.60. The Morgan fingerprint density at radius 3 is 2.50 bits per heavy atom. The molecule has 0 aromatic rings. The number of ether oxygens (including phenoxy) is 4. The molecule has 1 spiro atoms. The Labute approximate surface area is 201 Å². The van der Waals surface area contributed by atoms with Crippen molar-refractivity contribution in [1.82, 2.24) is 9.62 Å². The van der Waals surface area contributed by atoms with Gasteiger partial charge >= 0.3 is 6.09 Å². The average molecular weight is 501 g/mol. The summed E-state index contributed by atoms with van der Waals surface area (Å²) in [6, 6.07) is 0. The third kappa shape index (κ3) is 5.27. The predicted molar refractivity (Wildman–Crippen MR) is 122 cm³/mol. The van der Waals surface area contributed by atoms with E-state index in [2.05, 4.69) is 26.8 Å². The zero-order valence-corrected chi connectivity index (χ0v) is 21.4. The number of allylic oxidation sites excluding steroid dienone is 1. The Morgan fingerprint density at radius 1 is 1.26 bits per heavy atom. The maximum Gasteiger partial charge on any atom is 0.410 e. The van der Waals surface area contributed by atoms with E-state index in [0.29, 0.717) is 26.1 Å². The van der Waals surface area contributed by atoms with Crippen molar-refractivity contribution in [2.45, 2.75) is 76.0 Å². The number of hydrogen-bond acceptors (Lipinski definition) is 8. The minimum absolute atomic E-state index is 0.0454. The lowest BCUT2D eigenvalue weighted by Crippen LogP contribution is -2.58. The van der Waals surface area contributed by atoms with E-state index in [1.807, 2.05) is 4.72 Å². The minimum Gasteiger partial charge on any atom is -0.443 e. The number of nitrogens with one attached hydrogen (secondary N) is 1. The summed E-state index contributed by atoms with van der Waals surface area (Å²) >= 11 is 0. The molecule has 1 N–H and O–H groups in total. The quantitative estimate of drug-likeness (QED) is 0.393. The van der Waals surface area contributed by atoms with Crippen molar-refractivity contribution in [3.63, 3.8) is 0 Å². The highest BCUT2D eigenvalue weighted by atomic mass is 32.2. The first-order valence-corrected chi connectivity index (χ1v) is 13.7. The fourth-order valence-electron chi connectivity index (χ4n) is 5.63. The number of carbonyl (C=O) groups is 2. The molecule has 1 saturated carbocycles. The van der Waals surface area contributed by atoms with E-state index in [4.69, 9.17) is 18.9 Å². The van der Waals surface area contributed by atoms with Crippen molar-refractivity contribution >= 4 is 22.0 Å². The van der Waals surface area contributed by atoms with Crippen LogP contribution in [-0.2, 0) is 33.8 Å². The van der Waals surface area contributed by atoms with Crippen molar-refractivity contribution in [1.29, 1.82) is 0 Å². The molecule has 3 heterocycles. The Kier molecular flexibility index (Phi) is 6.78. The van der Waals surface area contributed by atoms with Crippen LogP contribution in [0.2, 0.25) is 0 Å². The van der Waals surface area contributed by atoms with Gasteiger partial charge in [0, 0.05) is 32.5 Å². The highest BCUT2D eigenvalue weighted by Crippen LogP contribution is 2.59. The molecule has 4 fully saturated rings. The van der Waals surface area contributed by atoms with Gasteiger partial charge in [0.25, 0.3) is 0 Å². The highest BCUT2D eigenvalue weighted by molar-refractivity contribution is 7.89. The third-order valence-electron chi connectivity index (χ3n) is 7.48. The number of hydrogen-bond donors (Lipinski definition) is 1. The number of nitrogens with zero attached hydrogens (tertiary/aromatic N) is 1. The fraction of sp³-hybridized carbons (Fsp3) is 0.826. The first kappa shape index (κ1) is 25.4. The molecule has 0 bridgehead atoms. The van der Waals surface area contributed by atoms with Crippen molar-refractivity contribution < 1.29 is 37.0 Å². The lowest BCUT2D eigenvalue weighted by Gasteiger charge is -2.44. The minimum atomic E-state index is -3.58. The molecule has 4 aliphatic rings. The largest absolute Gasteiger partial charge is 0.443 e. The normalized spacial score (nSPS) is 37.0. The fourth-order valence-corrected chi connectivity index (χ4v) is 6.13. The van der Waals surface area contributed by atoms with Crippen LogP contribution in [-0.4, -0.2) is 87.9 Å². The summed E-state index contributed by atoms with van der Waals surface area (Å²) in [5, 5.41) is 0. The lowest BCUT2D eigenvalue weighted by molar-refractivity contribution is -0.126. The summed E-state index contributed by atoms with van der Waals surface area (Å²) in [5.41, 5.74) is 0.561. The van der Waals surface area contributed by atoms with Crippen LogP contribution in [0.1, 0.15) is 46.5 Å². The molecular formula is C23H36N2O8S. The maximum atomic E-state index is 12.8. The van der Waals surface area contributed by atoms with Crippen LogP contribution in [0.4, 0.5) is 4.79 Å². The van der Waals surface area contributed by atoms with Crippen molar-refractivity contribution in [2.24, 2.45) is 11.8 Å². The van der Waals surface area contributed by atoms with Gasteiger partial charge < -0.3 is 23.8 Å². The number of methoxy groups -OCH3 is 1. The van der Waals surface area contributed by atoms with E-state index in [0.717, 1.165) is 19.1 Å². The summed E-state index contributed by atoms with van der Waals surface area (Å²) < 4.78 is 48.2. The van der Waals surface area contributed by atoms with Gasteiger partial charge in [-0.1, -0.05) is 11.6 Å². The SMILES string of the molecule is CO[C@@H]1[C@H](OC(=O)N2CC(CC(=O)NS(C)(=O)=O)C2)CC[C@]2(CO2)[C@H]1[C@@]1(C)O[C@@H]1CC=C(C)C. The number of rotatable bonds is 8. The van der Waals surface area contributed by atoms with Crippen LogP contribution in [0.15, 0.2) is 11.6 Å². The molecular weight excluding hydrogens is 464 g/mol. The summed E-state index contributed by atoms with van der Waals surface area (Å²) in [6.45, 7) is 7.60. The molecule has 0 unspecified atom stereocenters. The summed E-state index contributed by atoms with van der Waals surface area (Å²) in [4.78, 5) is 26.1. The van der Waals surface area contributed by atoms with Crippen molar-refractivity contribution in [3.8, 4) is 0 Å². The van der Waals surface area contributed by atoms with Gasteiger partial charge in [0.05, 0.1) is 24.9 Å². The average Bonchev–Trinajstić information content (AvgIpc) is 3.60. The molecule has 6 atom stereocenters. The summed E-state index contributed by atoms with van der Waals surface area (Å²) in [6.07, 6.45) is 4.27. The second-order valence-electron chi connectivity index (χ2n) is 10.6. The van der Waals surface area contributed by atoms with Crippen LogP contribution in [0, 0.1) is 11.8 Å². The van der Waals surface area contributed by atoms with E-state index in [1.165, 1.54) is 10.5 Å². The van der Waals surface area contributed by atoms with Crippen LogP contribution >= 0.6 is 0 Å². The van der Waals surface area contributed by atoms with E-state index < -0.39 is 33.7 Å². The molecule has 0 radical (unpaired) electrons. The Balaban J connectivity index is 1.34. The lowest BCUT2D eigenvalue weighted by atomic mass is 9.68. The molecule has 2 amide bonds. The molecule has 3 aliphatic heterocycles. The monoisotopic (exact) mass is 500 g/mol. The molecule has 0 aromatic carbocycles. The number of sulfonamides is 1. The zero-order chi connectivity index (χ0) is 24.9. The molecule has 192 valence electrons. The van der Waals surface area contributed by atoms with Gasteiger partial charge in [0.2, 0.25) is 15.9 Å². The van der Waals surface area contributed by atoms with Crippen LogP contribution in [0.25, 0.3) is 0 Å². The summed E-state index contributed by atoms with van der Waals surface area (Å²) in [5.74, 6) is -0.703. The number of epoxide rings is 2. The zero-order valence-electron chi connectivity index (χ0n) is 20.5. The van der Waals surface area contributed by atoms with Gasteiger partial charge in [-0.3, -0.25) is 9.52 Å². The number of amides is 2. The molecule has 3 saturated heterocycles. The van der Waals surface area contributed by atoms with Gasteiger partial charge in [-0.15, -0.1) is 0 Å². The maximum absolute atomic E-state index is 12.8. The topological polar surface area (TPSA) is 127 Å². The number of likely N-dealkylation sites (tertiary alicyclic amines) is 1. The molecule has 1 aliphatic carbocycles. The van der Waals surface area contributed by atoms with E-state index in [-0.39, 0.29) is 36.1 Å². The Morgan fingerprint density at radius 2 is 1.94 bits per heavy atom.